The summed E-state index contributed by atoms with van der Waals surface area (Å²) in [5.74, 6) is -0.0596. The second-order valence-electron chi connectivity index (χ2n) is 4.60. The van der Waals surface area contributed by atoms with Crippen LogP contribution in [0, 0.1) is 0 Å². The van der Waals surface area contributed by atoms with Crippen molar-refractivity contribution in [3.63, 3.8) is 0 Å². The minimum absolute atomic E-state index is 0.0322. The molecule has 1 aromatic rings. The minimum Gasteiger partial charge on any atom is -0.361 e. The third-order valence-electron chi connectivity index (χ3n) is 2.90. The standard InChI is InChI=1S/C9H14N4O3/c1-4-5-6(16-9(2,3)15-5)7(14-4)8-10-12-13-11-8/h4-7H,1-3H3,(H,10,11,12,13)/t4-,5?,6-,7-/m0/s1. The Hall–Kier alpha value is -1.05. The van der Waals surface area contributed by atoms with Crippen LogP contribution in [0.4, 0.5) is 0 Å². The van der Waals surface area contributed by atoms with Crippen LogP contribution in [0.1, 0.15) is 32.7 Å². The number of aromatic amines is 1. The molecular weight excluding hydrogens is 212 g/mol. The third-order valence-corrected chi connectivity index (χ3v) is 2.90. The van der Waals surface area contributed by atoms with Gasteiger partial charge in [-0.05, 0) is 20.8 Å². The fourth-order valence-corrected chi connectivity index (χ4v) is 2.30. The van der Waals surface area contributed by atoms with Crippen LogP contribution in [0.2, 0.25) is 0 Å². The van der Waals surface area contributed by atoms with Crippen molar-refractivity contribution >= 4 is 0 Å². The van der Waals surface area contributed by atoms with Crippen LogP contribution in [-0.2, 0) is 14.2 Å². The average molecular weight is 226 g/mol. The minimum atomic E-state index is -0.574. The van der Waals surface area contributed by atoms with Gasteiger partial charge in [0.1, 0.15) is 12.2 Å². The SMILES string of the molecule is C[C@@H]1O[C@H](c2nn[nH]n2)[C@H]2OC(C)(C)OC12. The summed E-state index contributed by atoms with van der Waals surface area (Å²) in [6.45, 7) is 5.75. The van der Waals surface area contributed by atoms with Crippen LogP contribution in [0.25, 0.3) is 0 Å². The molecule has 1 aromatic heterocycles. The molecule has 16 heavy (non-hydrogen) atoms. The van der Waals surface area contributed by atoms with Gasteiger partial charge in [-0.2, -0.15) is 5.21 Å². The van der Waals surface area contributed by atoms with Gasteiger partial charge in [-0.15, -0.1) is 10.2 Å². The smallest absolute Gasteiger partial charge is 0.206 e. The summed E-state index contributed by atoms with van der Waals surface area (Å²) in [4.78, 5) is 0. The van der Waals surface area contributed by atoms with Gasteiger partial charge >= 0.3 is 0 Å². The third kappa shape index (κ3) is 1.43. The van der Waals surface area contributed by atoms with Gasteiger partial charge in [-0.3, -0.25) is 0 Å². The zero-order valence-electron chi connectivity index (χ0n) is 9.38. The summed E-state index contributed by atoms with van der Waals surface area (Å²) in [5.41, 5.74) is 0. The van der Waals surface area contributed by atoms with Crippen molar-refractivity contribution in [3.8, 4) is 0 Å². The number of ether oxygens (including phenoxy) is 3. The first-order chi connectivity index (χ1) is 7.57. The molecule has 0 saturated carbocycles. The molecule has 4 atom stereocenters. The van der Waals surface area contributed by atoms with Crippen molar-refractivity contribution in [3.05, 3.63) is 5.82 Å². The van der Waals surface area contributed by atoms with Crippen LogP contribution in [0.5, 0.6) is 0 Å². The molecule has 0 bridgehead atoms. The topological polar surface area (TPSA) is 82.2 Å². The number of hydrogen-bond donors (Lipinski definition) is 1. The molecular formula is C9H14N4O3. The van der Waals surface area contributed by atoms with E-state index in [1.54, 1.807) is 0 Å². The molecule has 3 rings (SSSR count). The van der Waals surface area contributed by atoms with Crippen LogP contribution in [0.3, 0.4) is 0 Å². The molecule has 0 amide bonds. The van der Waals surface area contributed by atoms with E-state index in [0.717, 1.165) is 0 Å². The lowest BCUT2D eigenvalue weighted by molar-refractivity contribution is -0.186. The molecule has 3 heterocycles. The van der Waals surface area contributed by atoms with E-state index in [4.69, 9.17) is 14.2 Å². The van der Waals surface area contributed by atoms with E-state index in [1.165, 1.54) is 0 Å². The second-order valence-corrected chi connectivity index (χ2v) is 4.60. The Morgan fingerprint density at radius 2 is 2.00 bits per heavy atom. The zero-order valence-corrected chi connectivity index (χ0v) is 9.38. The van der Waals surface area contributed by atoms with Crippen LogP contribution in [0.15, 0.2) is 0 Å². The van der Waals surface area contributed by atoms with Gasteiger partial charge in [0, 0.05) is 0 Å². The van der Waals surface area contributed by atoms with E-state index in [2.05, 4.69) is 20.6 Å². The number of nitrogens with one attached hydrogen (secondary N) is 1. The van der Waals surface area contributed by atoms with Gasteiger partial charge in [0.2, 0.25) is 5.82 Å². The normalized spacial score (nSPS) is 41.2. The number of fused-ring (bicyclic) bond motifs is 1. The number of aromatic nitrogens is 4. The van der Waals surface area contributed by atoms with E-state index < -0.39 is 5.79 Å². The Bertz CT molecular complexity index is 380. The lowest BCUT2D eigenvalue weighted by atomic mass is 10.1. The Balaban J connectivity index is 1.88. The average Bonchev–Trinajstić information content (AvgIpc) is 2.84. The first-order valence-corrected chi connectivity index (χ1v) is 5.31. The number of hydrogen-bond acceptors (Lipinski definition) is 6. The van der Waals surface area contributed by atoms with Gasteiger partial charge in [-0.1, -0.05) is 5.21 Å². The maximum atomic E-state index is 5.81. The Kier molecular flexibility index (Phi) is 2.04. The molecule has 7 nitrogen and oxygen atoms in total. The number of rotatable bonds is 1. The second kappa shape index (κ2) is 3.22. The van der Waals surface area contributed by atoms with Gasteiger partial charge in [-0.25, -0.2) is 0 Å². The fourth-order valence-electron chi connectivity index (χ4n) is 2.30. The molecule has 0 spiro atoms. The van der Waals surface area contributed by atoms with Crippen LogP contribution < -0.4 is 0 Å². The van der Waals surface area contributed by atoms with Crippen molar-refractivity contribution in [2.75, 3.05) is 0 Å². The molecule has 2 aliphatic rings. The first kappa shape index (κ1) is 10.1. The fraction of sp³-hybridized carbons (Fsp3) is 0.889. The van der Waals surface area contributed by atoms with Crippen LogP contribution >= 0.6 is 0 Å². The van der Waals surface area contributed by atoms with E-state index in [1.807, 2.05) is 20.8 Å². The summed E-state index contributed by atoms with van der Waals surface area (Å²) in [7, 11) is 0. The molecule has 2 fully saturated rings. The van der Waals surface area contributed by atoms with Gasteiger partial charge in [0.25, 0.3) is 0 Å². The summed E-state index contributed by atoms with van der Waals surface area (Å²) >= 11 is 0. The zero-order chi connectivity index (χ0) is 11.3. The highest BCUT2D eigenvalue weighted by Crippen LogP contribution is 2.43. The van der Waals surface area contributed by atoms with Crippen molar-refractivity contribution in [1.29, 1.82) is 0 Å². The molecule has 1 unspecified atom stereocenters. The summed E-state index contributed by atoms with van der Waals surface area (Å²) in [6, 6.07) is 0. The Morgan fingerprint density at radius 3 is 2.69 bits per heavy atom. The highest BCUT2D eigenvalue weighted by molar-refractivity contribution is 5.03. The highest BCUT2D eigenvalue weighted by Gasteiger charge is 2.55. The molecule has 88 valence electrons. The number of tetrazole rings is 1. The molecule has 0 radical (unpaired) electrons. The van der Waals surface area contributed by atoms with E-state index in [0.29, 0.717) is 5.82 Å². The predicted octanol–water partition coefficient (Wildman–Crippen LogP) is 0.180. The lowest BCUT2D eigenvalue weighted by Gasteiger charge is -2.21. The molecule has 7 heteroatoms. The molecule has 2 saturated heterocycles. The quantitative estimate of drug-likeness (QED) is 0.735. The van der Waals surface area contributed by atoms with Crippen molar-refractivity contribution in [2.24, 2.45) is 0 Å². The van der Waals surface area contributed by atoms with Crippen LogP contribution in [-0.4, -0.2) is 44.7 Å². The van der Waals surface area contributed by atoms with Gasteiger partial charge < -0.3 is 14.2 Å². The van der Waals surface area contributed by atoms with E-state index in [-0.39, 0.29) is 24.4 Å². The molecule has 2 aliphatic heterocycles. The first-order valence-electron chi connectivity index (χ1n) is 5.31. The monoisotopic (exact) mass is 226 g/mol. The van der Waals surface area contributed by atoms with E-state index >= 15 is 0 Å². The Morgan fingerprint density at radius 1 is 1.25 bits per heavy atom. The highest BCUT2D eigenvalue weighted by atomic mass is 16.8. The van der Waals surface area contributed by atoms with Crippen molar-refractivity contribution in [2.45, 2.75) is 51.0 Å². The largest absolute Gasteiger partial charge is 0.361 e. The summed E-state index contributed by atoms with van der Waals surface area (Å²) in [5, 5.41) is 13.8. The summed E-state index contributed by atoms with van der Waals surface area (Å²) < 4.78 is 17.3. The lowest BCUT2D eigenvalue weighted by Crippen LogP contribution is -2.27. The van der Waals surface area contributed by atoms with Crippen molar-refractivity contribution < 1.29 is 14.2 Å². The maximum Gasteiger partial charge on any atom is 0.206 e. The predicted molar refractivity (Wildman–Crippen MR) is 51.3 cm³/mol. The summed E-state index contributed by atoms with van der Waals surface area (Å²) in [6.07, 6.45) is -0.572. The number of nitrogens with zero attached hydrogens (tertiary/aromatic N) is 3. The molecule has 0 aliphatic carbocycles. The Labute approximate surface area is 92.5 Å². The van der Waals surface area contributed by atoms with Crippen molar-refractivity contribution in [1.82, 2.24) is 20.6 Å². The van der Waals surface area contributed by atoms with Gasteiger partial charge in [0.15, 0.2) is 11.9 Å². The van der Waals surface area contributed by atoms with Gasteiger partial charge in [0.05, 0.1) is 6.10 Å². The molecule has 1 N–H and O–H groups in total. The maximum absolute atomic E-state index is 5.81. The number of H-pyrrole nitrogens is 1. The van der Waals surface area contributed by atoms with E-state index in [9.17, 15) is 0 Å². The molecule has 0 aromatic carbocycles.